The first-order chi connectivity index (χ1) is 37.0. The van der Waals surface area contributed by atoms with Crippen LogP contribution in [0.1, 0.15) is 0 Å². The van der Waals surface area contributed by atoms with E-state index in [-0.39, 0.29) is 0 Å². The normalized spacial score (nSPS) is 55.6. The van der Waals surface area contributed by atoms with E-state index in [2.05, 4.69) is 0 Å². The molecule has 0 aromatic rings. The maximum atomic E-state index is 12.0. The van der Waals surface area contributed by atoms with Crippen molar-refractivity contribution in [2.45, 2.75) is 215 Å². The molecule has 0 spiro atoms. The van der Waals surface area contributed by atoms with Gasteiger partial charge in [0.25, 0.3) is 0 Å². The quantitative estimate of drug-likeness (QED) is 0.0953. The predicted molar refractivity (Wildman–Crippen MR) is 230 cm³/mol. The van der Waals surface area contributed by atoms with Gasteiger partial charge in [0, 0.05) is 0 Å². The Hall–Kier alpha value is -1.44. The smallest absolute Gasteiger partial charge is 0.311 e. The highest BCUT2D eigenvalue weighted by Crippen LogP contribution is 2.41. The van der Waals surface area contributed by atoms with Crippen molar-refractivity contribution in [2.24, 2.45) is 0 Å². The molecule has 12 bridgehead atoms. The first-order valence-corrected chi connectivity index (χ1v) is 24.7. The van der Waals surface area contributed by atoms with Crippen molar-refractivity contribution < 1.29 is 179 Å². The average Bonchev–Trinajstić information content (AvgIpc) is 3.48. The molecule has 36 heteroatoms. The molecular weight excluding hydrogens is 1080 g/mol. The lowest BCUT2D eigenvalue weighted by Gasteiger charge is -2.52. The third kappa shape index (κ3) is 11.8. The molecule has 23 aliphatic heterocycles. The molecule has 23 aliphatic rings. The summed E-state index contributed by atoms with van der Waals surface area (Å²) in [6, 6.07) is 0. The van der Waals surface area contributed by atoms with Crippen LogP contribution in [0.2, 0.25) is 0 Å². The van der Waals surface area contributed by atoms with Gasteiger partial charge in [-0.1, -0.05) is 0 Å². The highest BCUT2D eigenvalue weighted by Gasteiger charge is 2.62. The van der Waals surface area contributed by atoms with E-state index in [1.807, 2.05) is 0 Å². The lowest BCUT2D eigenvalue weighted by Crippen LogP contribution is -2.71. The molecule has 23 heterocycles. The van der Waals surface area contributed by atoms with Crippen molar-refractivity contribution in [3.63, 3.8) is 0 Å². The van der Waals surface area contributed by atoms with E-state index in [1.165, 1.54) is 0 Å². The van der Waals surface area contributed by atoms with Gasteiger partial charge < -0.3 is 179 Å². The van der Waals surface area contributed by atoms with Crippen molar-refractivity contribution in [3.8, 4) is 0 Å². The first-order valence-electron chi connectivity index (χ1n) is 24.7. The van der Waals surface area contributed by atoms with Gasteiger partial charge in [-0.2, -0.15) is 0 Å². The summed E-state index contributed by atoms with van der Waals surface area (Å²) in [5, 5.41) is 242. The van der Waals surface area contributed by atoms with E-state index in [4.69, 9.17) is 66.3 Å². The molecule has 36 nitrogen and oxygen atoms in total. The lowest BCUT2D eigenvalue weighted by atomic mass is 9.94. The van der Waals surface area contributed by atoms with Gasteiger partial charge in [-0.3, -0.25) is 0 Å². The summed E-state index contributed by atoms with van der Waals surface area (Å²) in [4.78, 5) is 0. The van der Waals surface area contributed by atoms with Crippen LogP contribution in [0.25, 0.3) is 0 Å². The minimum atomic E-state index is -3.57. The van der Waals surface area contributed by atoms with E-state index < -0.39 is 261 Å². The zero-order valence-corrected chi connectivity index (χ0v) is 40.6. The van der Waals surface area contributed by atoms with E-state index in [0.717, 1.165) is 0 Å². The molecule has 35 atom stereocenters. The first kappa shape index (κ1) is 62.6. The summed E-state index contributed by atoms with van der Waals surface area (Å²) in [5.41, 5.74) is 0. The molecule has 78 heavy (non-hydrogen) atoms. The molecule has 0 aromatic carbocycles. The van der Waals surface area contributed by atoms with Crippen molar-refractivity contribution in [2.75, 3.05) is 46.2 Å². The molecule has 0 aromatic heterocycles. The molecule has 454 valence electrons. The third-order valence-corrected chi connectivity index (χ3v) is 14.9. The van der Waals surface area contributed by atoms with E-state index >= 15 is 0 Å². The predicted octanol–water partition coefficient (Wildman–Crippen LogP) is -15.9. The van der Waals surface area contributed by atoms with Crippen LogP contribution in [-0.2, 0) is 66.3 Å². The molecular formula is C42H70O36. The number of rotatable bonds is 9. The van der Waals surface area contributed by atoms with Crippen LogP contribution in [-0.4, -0.2) is 373 Å². The molecule has 22 N–H and O–H groups in total. The fraction of sp³-hybridized carbons (Fsp3) is 1.00. The standard InChI is InChI=1S/C42H70O36/c43-1-8-15(50)21(56)35(63)42(64,77-8)78-34-27(62)41-70-14(7-49)33(34)76-40-26(61)20(55)31(12(5-47)69-40)74-38-24(59)18(53)29(10(3-45)67-38)72-36-22(57)16(51)28(9(2-44)65-36)71-37-23(58)17(52)30(11(4-46)66-37)73-39-25(60)19(54)32(75-41)13(6-48)68-39/h8-41,43-64H,1-7H2/t8-,9-,10-,11-,12-,13-,14-,15+,16?,17?,18?,19?,20?,21+,22?,23?,24?,25?,26?,27?,28-,29-,30-,31-,32-,33?,34?,35-,36-,37-,38-,39-,40?,41-,42+/m1/s1. The van der Waals surface area contributed by atoms with Crippen molar-refractivity contribution in [1.82, 2.24) is 0 Å². The summed E-state index contributed by atoms with van der Waals surface area (Å²) in [5.74, 6) is -3.57. The van der Waals surface area contributed by atoms with E-state index in [1.54, 1.807) is 0 Å². The fourth-order valence-corrected chi connectivity index (χ4v) is 10.5. The summed E-state index contributed by atoms with van der Waals surface area (Å²) >= 11 is 0. The number of hydrogen-bond donors (Lipinski definition) is 22. The highest BCUT2D eigenvalue weighted by atomic mass is 16.9. The Morgan fingerprint density at radius 3 is 0.744 bits per heavy atom. The lowest BCUT2D eigenvalue weighted by molar-refractivity contribution is -0.480. The van der Waals surface area contributed by atoms with Gasteiger partial charge in [0.1, 0.15) is 165 Å². The molecule has 23 rings (SSSR count). The summed E-state index contributed by atoms with van der Waals surface area (Å²) in [6.07, 6.45) is -72.3. The molecule has 0 aliphatic carbocycles. The molecule has 23 fully saturated rings. The number of aliphatic hydroxyl groups is 22. The summed E-state index contributed by atoms with van der Waals surface area (Å²) in [6.45, 7) is -7.83. The number of aliphatic hydroxyl groups excluding tert-OH is 21. The van der Waals surface area contributed by atoms with Crippen LogP contribution in [0.5, 0.6) is 0 Å². The van der Waals surface area contributed by atoms with Gasteiger partial charge in [-0.05, 0) is 0 Å². The number of ether oxygens (including phenoxy) is 14. The van der Waals surface area contributed by atoms with Crippen molar-refractivity contribution in [3.05, 3.63) is 0 Å². The van der Waals surface area contributed by atoms with Gasteiger partial charge in [0.15, 0.2) is 43.8 Å². The summed E-state index contributed by atoms with van der Waals surface area (Å²) in [7, 11) is 0. The van der Waals surface area contributed by atoms with E-state index in [9.17, 15) is 112 Å². The van der Waals surface area contributed by atoms with Crippen molar-refractivity contribution >= 4 is 0 Å². The molecule has 0 radical (unpaired) electrons. The Morgan fingerprint density at radius 1 is 0.256 bits per heavy atom. The minimum absolute atomic E-state index is 1.04. The molecule has 0 saturated carbocycles. The van der Waals surface area contributed by atoms with Crippen LogP contribution < -0.4 is 0 Å². The van der Waals surface area contributed by atoms with Gasteiger partial charge in [-0.25, -0.2) is 0 Å². The Morgan fingerprint density at radius 2 is 0.487 bits per heavy atom. The number of hydrogen-bond acceptors (Lipinski definition) is 36. The van der Waals surface area contributed by atoms with Crippen LogP contribution in [0.3, 0.4) is 0 Å². The maximum Gasteiger partial charge on any atom is 0.311 e. The minimum Gasteiger partial charge on any atom is -0.394 e. The second-order valence-electron chi connectivity index (χ2n) is 19.8. The Kier molecular flexibility index (Phi) is 20.7. The second kappa shape index (κ2) is 25.8. The largest absolute Gasteiger partial charge is 0.394 e. The SMILES string of the molecule is OC[C@H]1O[C@@H]2O[C@H]3C(O)C(O)[C@H](O[C@@H]3CO)O[C@H]3C(O)C(O)[C@H](O[C@@H]3CO)O[C@H]3C(O)C(O)[C@H](O[C@@H]3CO)O[C@H]3C(O)C(O)[C@H](O[C@@H]3CO)O[C@H]3C(O)C(O)C(OC1C(O[C@@]1(O)O[C@H](CO)[C@H](O)[C@H](O)[C@H]1O)C2O)O[C@@H]3CO. The van der Waals surface area contributed by atoms with Crippen LogP contribution in [0, 0.1) is 0 Å². The average molecular weight is 1150 g/mol. The highest BCUT2D eigenvalue weighted by molar-refractivity contribution is 5.02. The maximum absolute atomic E-state index is 12.0. The van der Waals surface area contributed by atoms with Gasteiger partial charge in [0.2, 0.25) is 0 Å². The third-order valence-electron chi connectivity index (χ3n) is 14.9. The molecule has 23 saturated heterocycles. The fourth-order valence-electron chi connectivity index (χ4n) is 10.5. The topological polar surface area (TPSA) is 574 Å². The van der Waals surface area contributed by atoms with Gasteiger partial charge in [-0.15, -0.1) is 0 Å². The zero-order chi connectivity index (χ0) is 57.0. The monoisotopic (exact) mass is 1150 g/mol. The molecule has 14 unspecified atom stereocenters. The van der Waals surface area contributed by atoms with Crippen LogP contribution >= 0.6 is 0 Å². The van der Waals surface area contributed by atoms with Gasteiger partial charge >= 0.3 is 5.97 Å². The zero-order valence-electron chi connectivity index (χ0n) is 40.6. The Balaban J connectivity index is 1.15. The van der Waals surface area contributed by atoms with E-state index in [0.29, 0.717) is 0 Å². The van der Waals surface area contributed by atoms with Crippen LogP contribution in [0.15, 0.2) is 0 Å². The Bertz CT molecular complexity index is 1870. The Labute approximate surface area is 439 Å². The van der Waals surface area contributed by atoms with Crippen LogP contribution in [0.4, 0.5) is 0 Å². The van der Waals surface area contributed by atoms with Gasteiger partial charge in [0.05, 0.1) is 46.2 Å². The second-order valence-corrected chi connectivity index (χ2v) is 19.8. The van der Waals surface area contributed by atoms with Crippen molar-refractivity contribution in [1.29, 1.82) is 0 Å². The summed E-state index contributed by atoms with van der Waals surface area (Å²) < 4.78 is 79.6. The molecule has 0 amide bonds.